The highest BCUT2D eigenvalue weighted by molar-refractivity contribution is 9.10. The lowest BCUT2D eigenvalue weighted by Gasteiger charge is -2.12. The molecule has 0 aliphatic heterocycles. The first kappa shape index (κ1) is 15.4. The summed E-state index contributed by atoms with van der Waals surface area (Å²) in [5.74, 6) is -0.815. The molecule has 0 aromatic heterocycles. The van der Waals surface area contributed by atoms with Crippen LogP contribution in [0.4, 0.5) is 0 Å². The first-order valence-corrected chi connectivity index (χ1v) is 7.99. The number of rotatable bonds is 5. The van der Waals surface area contributed by atoms with Gasteiger partial charge in [-0.2, -0.15) is 0 Å². The number of aliphatic carboxylic acids is 1. The fourth-order valence-corrected chi connectivity index (χ4v) is 3.31. The van der Waals surface area contributed by atoms with Crippen molar-refractivity contribution in [1.82, 2.24) is 0 Å². The highest BCUT2D eigenvalue weighted by atomic mass is 79.9. The van der Waals surface area contributed by atoms with Gasteiger partial charge in [-0.15, -0.1) is 11.8 Å². The number of thioether (sulfide) groups is 1. The second-order valence-corrected chi connectivity index (χ2v) is 6.86. The molecule has 0 fully saturated rings. The zero-order chi connectivity index (χ0) is 14.5. The van der Waals surface area contributed by atoms with Crippen LogP contribution >= 0.6 is 39.3 Å². The van der Waals surface area contributed by atoms with Crippen molar-refractivity contribution in [2.75, 3.05) is 0 Å². The third-order valence-corrected chi connectivity index (χ3v) is 4.62. The monoisotopic (exact) mass is 370 g/mol. The van der Waals surface area contributed by atoms with Gasteiger partial charge < -0.3 is 5.11 Å². The molecule has 2 nitrogen and oxygen atoms in total. The van der Waals surface area contributed by atoms with Crippen molar-refractivity contribution >= 4 is 45.3 Å². The Labute approximate surface area is 135 Å². The first-order valence-electron chi connectivity index (χ1n) is 5.94. The van der Waals surface area contributed by atoms with E-state index in [1.165, 1.54) is 11.8 Å². The third kappa shape index (κ3) is 4.54. The Morgan fingerprint density at radius 3 is 2.55 bits per heavy atom. The molecule has 0 aliphatic rings. The molecule has 1 N–H and O–H groups in total. The minimum atomic E-state index is -0.815. The van der Waals surface area contributed by atoms with Crippen molar-refractivity contribution < 1.29 is 9.90 Å². The molecule has 20 heavy (non-hydrogen) atoms. The topological polar surface area (TPSA) is 37.3 Å². The summed E-state index contributed by atoms with van der Waals surface area (Å²) in [7, 11) is 0. The Balaban J connectivity index is 2.11. The van der Waals surface area contributed by atoms with Crippen LogP contribution in [0, 0.1) is 0 Å². The van der Waals surface area contributed by atoms with Crippen LogP contribution in [0.25, 0.3) is 0 Å². The van der Waals surface area contributed by atoms with Crippen LogP contribution in [0.5, 0.6) is 0 Å². The number of carboxylic acids is 1. The molecule has 0 aliphatic carbocycles. The standard InChI is InChI=1S/C15H12BrClO2S/c16-11-3-1-2-10(8-11)9-14(15(18)19)20-13-6-4-12(17)5-7-13/h1-8,14H,9H2,(H,18,19). The molecule has 2 aromatic rings. The maximum absolute atomic E-state index is 11.4. The lowest BCUT2D eigenvalue weighted by Crippen LogP contribution is -2.19. The van der Waals surface area contributed by atoms with Gasteiger partial charge in [-0.1, -0.05) is 39.7 Å². The van der Waals surface area contributed by atoms with E-state index in [-0.39, 0.29) is 0 Å². The number of carbonyl (C=O) groups is 1. The normalized spacial score (nSPS) is 12.1. The zero-order valence-corrected chi connectivity index (χ0v) is 13.6. The molecule has 0 saturated heterocycles. The SMILES string of the molecule is O=C(O)C(Cc1cccc(Br)c1)Sc1ccc(Cl)cc1. The maximum Gasteiger partial charge on any atom is 0.317 e. The van der Waals surface area contributed by atoms with Crippen molar-refractivity contribution in [3.8, 4) is 0 Å². The van der Waals surface area contributed by atoms with E-state index in [2.05, 4.69) is 15.9 Å². The Morgan fingerprint density at radius 2 is 1.95 bits per heavy atom. The number of halogens is 2. The summed E-state index contributed by atoms with van der Waals surface area (Å²) < 4.78 is 0.954. The predicted molar refractivity (Wildman–Crippen MR) is 86.6 cm³/mol. The third-order valence-electron chi connectivity index (χ3n) is 2.68. The lowest BCUT2D eigenvalue weighted by molar-refractivity contribution is -0.136. The molecular formula is C15H12BrClO2S. The summed E-state index contributed by atoms with van der Waals surface area (Å²) in [5.41, 5.74) is 0.994. The lowest BCUT2D eigenvalue weighted by atomic mass is 10.1. The summed E-state index contributed by atoms with van der Waals surface area (Å²) in [5, 5.41) is 9.48. The van der Waals surface area contributed by atoms with Gasteiger partial charge in [-0.05, 0) is 48.4 Å². The molecule has 5 heteroatoms. The molecule has 0 heterocycles. The van der Waals surface area contributed by atoms with Crippen LogP contribution in [-0.2, 0) is 11.2 Å². The molecule has 0 spiro atoms. The summed E-state index contributed by atoms with van der Waals surface area (Å²) in [6.45, 7) is 0. The van der Waals surface area contributed by atoms with E-state index in [4.69, 9.17) is 11.6 Å². The van der Waals surface area contributed by atoms with Gasteiger partial charge in [0.1, 0.15) is 5.25 Å². The molecular weight excluding hydrogens is 360 g/mol. The van der Waals surface area contributed by atoms with Crippen LogP contribution < -0.4 is 0 Å². The highest BCUT2D eigenvalue weighted by Gasteiger charge is 2.19. The first-order chi connectivity index (χ1) is 9.54. The number of benzene rings is 2. The molecule has 1 atom stereocenters. The van der Waals surface area contributed by atoms with Crippen molar-refractivity contribution in [3.63, 3.8) is 0 Å². The van der Waals surface area contributed by atoms with Crippen LogP contribution in [0.3, 0.4) is 0 Å². The van der Waals surface area contributed by atoms with Gasteiger partial charge >= 0.3 is 5.97 Å². The predicted octanol–water partition coefficient (Wildman–Crippen LogP) is 4.89. The maximum atomic E-state index is 11.4. The molecule has 104 valence electrons. The number of hydrogen-bond donors (Lipinski definition) is 1. The van der Waals surface area contributed by atoms with Gasteiger partial charge in [-0.3, -0.25) is 4.79 Å². The van der Waals surface area contributed by atoms with Crippen molar-refractivity contribution in [2.45, 2.75) is 16.6 Å². The van der Waals surface area contributed by atoms with Crippen LogP contribution in [-0.4, -0.2) is 16.3 Å². The molecule has 0 radical (unpaired) electrons. The zero-order valence-electron chi connectivity index (χ0n) is 10.4. The Kier molecular flexibility index (Phi) is 5.52. The van der Waals surface area contributed by atoms with Gasteiger partial charge in [0.15, 0.2) is 0 Å². The molecule has 1 unspecified atom stereocenters. The van der Waals surface area contributed by atoms with E-state index >= 15 is 0 Å². The van der Waals surface area contributed by atoms with Crippen molar-refractivity contribution in [2.24, 2.45) is 0 Å². The molecule has 2 rings (SSSR count). The van der Waals surface area contributed by atoms with Crippen LogP contribution in [0.15, 0.2) is 57.9 Å². The second-order valence-electron chi connectivity index (χ2n) is 4.23. The van der Waals surface area contributed by atoms with E-state index in [9.17, 15) is 9.90 Å². The number of carboxylic acid groups (broad SMARTS) is 1. The van der Waals surface area contributed by atoms with E-state index < -0.39 is 11.2 Å². The van der Waals surface area contributed by atoms with E-state index in [0.29, 0.717) is 11.4 Å². The molecule has 0 amide bonds. The molecule has 0 bridgehead atoms. The van der Waals surface area contributed by atoms with Gasteiger partial charge in [0.25, 0.3) is 0 Å². The Bertz CT molecular complexity index is 601. The summed E-state index contributed by atoms with van der Waals surface area (Å²) in [6, 6.07) is 14.9. The van der Waals surface area contributed by atoms with Crippen LogP contribution in [0.2, 0.25) is 5.02 Å². The van der Waals surface area contributed by atoms with Crippen LogP contribution in [0.1, 0.15) is 5.56 Å². The van der Waals surface area contributed by atoms with Gasteiger partial charge in [0.05, 0.1) is 0 Å². The number of hydrogen-bond acceptors (Lipinski definition) is 2. The fourth-order valence-electron chi connectivity index (χ4n) is 1.73. The largest absolute Gasteiger partial charge is 0.480 e. The van der Waals surface area contributed by atoms with Gasteiger partial charge in [-0.25, -0.2) is 0 Å². The summed E-state index contributed by atoms with van der Waals surface area (Å²) in [4.78, 5) is 12.3. The quantitative estimate of drug-likeness (QED) is 0.760. The second kappa shape index (κ2) is 7.16. The Morgan fingerprint density at radius 1 is 1.25 bits per heavy atom. The molecule has 0 saturated carbocycles. The minimum Gasteiger partial charge on any atom is -0.480 e. The summed E-state index contributed by atoms with van der Waals surface area (Å²) in [6.07, 6.45) is 0.474. The smallest absolute Gasteiger partial charge is 0.317 e. The van der Waals surface area contributed by atoms with Crippen molar-refractivity contribution in [3.05, 3.63) is 63.6 Å². The van der Waals surface area contributed by atoms with E-state index in [1.54, 1.807) is 12.1 Å². The fraction of sp³-hybridized carbons (Fsp3) is 0.133. The molecule has 2 aromatic carbocycles. The van der Waals surface area contributed by atoms with E-state index in [0.717, 1.165) is 14.9 Å². The van der Waals surface area contributed by atoms with E-state index in [1.807, 2.05) is 36.4 Å². The van der Waals surface area contributed by atoms with Gasteiger partial charge in [0, 0.05) is 14.4 Å². The van der Waals surface area contributed by atoms with Gasteiger partial charge in [0.2, 0.25) is 0 Å². The Hall–Kier alpha value is -0.970. The van der Waals surface area contributed by atoms with Crippen molar-refractivity contribution in [1.29, 1.82) is 0 Å². The highest BCUT2D eigenvalue weighted by Crippen LogP contribution is 2.28. The average molecular weight is 372 g/mol. The minimum absolute atomic E-state index is 0.474. The average Bonchev–Trinajstić information content (AvgIpc) is 2.40. The summed E-state index contributed by atoms with van der Waals surface area (Å²) >= 11 is 10.6.